The smallest absolute Gasteiger partial charge is 0.258 e. The van der Waals surface area contributed by atoms with Gasteiger partial charge in [-0.05, 0) is 67.1 Å². The summed E-state index contributed by atoms with van der Waals surface area (Å²) in [6.45, 7) is 2.11. The Balaban J connectivity index is 1.62. The molecule has 0 aromatic heterocycles. The number of anilines is 1. The number of carbonyl (C=O) groups is 2. The van der Waals surface area contributed by atoms with E-state index in [9.17, 15) is 14.0 Å². The summed E-state index contributed by atoms with van der Waals surface area (Å²) in [5, 5.41) is 3.32. The quantitative estimate of drug-likeness (QED) is 0.555. The third-order valence-corrected chi connectivity index (χ3v) is 4.85. The number of nitrogens with zero attached hydrogens (tertiary/aromatic N) is 1. The summed E-state index contributed by atoms with van der Waals surface area (Å²) in [4.78, 5) is 26.8. The Morgan fingerprint density at radius 2 is 1.68 bits per heavy atom. The molecular weight excluding hydrogens is 419 g/mol. The van der Waals surface area contributed by atoms with Crippen molar-refractivity contribution < 1.29 is 18.7 Å². The molecule has 0 aliphatic carbocycles. The van der Waals surface area contributed by atoms with Crippen LogP contribution in [-0.4, -0.2) is 31.5 Å². The molecule has 0 aliphatic heterocycles. The second kappa shape index (κ2) is 10.6. The number of benzene rings is 3. The van der Waals surface area contributed by atoms with Gasteiger partial charge < -0.3 is 15.0 Å². The minimum absolute atomic E-state index is 0.163. The van der Waals surface area contributed by atoms with E-state index in [1.54, 1.807) is 36.4 Å². The normalized spacial score (nSPS) is 10.4. The average molecular weight is 441 g/mol. The van der Waals surface area contributed by atoms with Gasteiger partial charge in [-0.2, -0.15) is 0 Å². The monoisotopic (exact) mass is 440 g/mol. The van der Waals surface area contributed by atoms with Gasteiger partial charge in [-0.3, -0.25) is 9.59 Å². The molecule has 2 amide bonds. The highest BCUT2D eigenvalue weighted by Gasteiger charge is 2.19. The third-order valence-electron chi connectivity index (χ3n) is 4.60. The van der Waals surface area contributed by atoms with Crippen LogP contribution >= 0.6 is 11.6 Å². The van der Waals surface area contributed by atoms with Gasteiger partial charge in [0.1, 0.15) is 11.6 Å². The lowest BCUT2D eigenvalue weighted by Crippen LogP contribution is -2.40. The highest BCUT2D eigenvalue weighted by atomic mass is 35.5. The molecule has 1 N–H and O–H groups in total. The first-order valence-electron chi connectivity index (χ1n) is 9.72. The number of halogens is 2. The van der Waals surface area contributed by atoms with Crippen molar-refractivity contribution in [3.05, 3.63) is 94.8 Å². The van der Waals surface area contributed by atoms with Crippen LogP contribution in [0, 0.1) is 12.7 Å². The zero-order chi connectivity index (χ0) is 22.2. The van der Waals surface area contributed by atoms with Crippen LogP contribution in [0.2, 0.25) is 5.02 Å². The van der Waals surface area contributed by atoms with E-state index in [1.807, 2.05) is 19.1 Å². The SMILES string of the molecule is Cc1ccccc1C(=O)N(CCNC(=O)COc1ccc(Cl)cc1)c1ccc(F)cc1. The maximum Gasteiger partial charge on any atom is 0.258 e. The first-order valence-corrected chi connectivity index (χ1v) is 10.1. The van der Waals surface area contributed by atoms with Crippen LogP contribution < -0.4 is 15.0 Å². The van der Waals surface area contributed by atoms with E-state index in [2.05, 4.69) is 5.32 Å². The molecule has 5 nitrogen and oxygen atoms in total. The van der Waals surface area contributed by atoms with Gasteiger partial charge in [0.15, 0.2) is 6.61 Å². The Morgan fingerprint density at radius 3 is 2.35 bits per heavy atom. The van der Waals surface area contributed by atoms with E-state index in [1.165, 1.54) is 29.2 Å². The summed E-state index contributed by atoms with van der Waals surface area (Å²) in [5.41, 5.74) is 1.92. The van der Waals surface area contributed by atoms with Crippen molar-refractivity contribution in [1.29, 1.82) is 0 Å². The van der Waals surface area contributed by atoms with E-state index < -0.39 is 0 Å². The summed E-state index contributed by atoms with van der Waals surface area (Å²) < 4.78 is 18.8. The molecule has 31 heavy (non-hydrogen) atoms. The standard InChI is InChI=1S/C24H22ClFN2O3/c1-17-4-2-3-5-22(17)24(30)28(20-10-8-19(26)9-11-20)15-14-27-23(29)16-31-21-12-6-18(25)7-13-21/h2-13H,14-16H2,1H3,(H,27,29). The molecular formula is C24H22ClFN2O3. The zero-order valence-corrected chi connectivity index (χ0v) is 17.7. The predicted molar refractivity (Wildman–Crippen MR) is 119 cm³/mol. The van der Waals surface area contributed by atoms with E-state index in [0.717, 1.165) is 5.56 Å². The minimum Gasteiger partial charge on any atom is -0.484 e. The molecule has 0 spiro atoms. The average Bonchev–Trinajstić information content (AvgIpc) is 2.77. The fraction of sp³-hybridized carbons (Fsp3) is 0.167. The third kappa shape index (κ3) is 6.30. The van der Waals surface area contributed by atoms with Crippen molar-refractivity contribution in [3.63, 3.8) is 0 Å². The first kappa shape index (κ1) is 22.3. The van der Waals surface area contributed by atoms with Crippen molar-refractivity contribution >= 4 is 29.1 Å². The van der Waals surface area contributed by atoms with E-state index in [0.29, 0.717) is 22.0 Å². The van der Waals surface area contributed by atoms with Crippen molar-refractivity contribution in [2.24, 2.45) is 0 Å². The number of amides is 2. The fourth-order valence-corrected chi connectivity index (χ4v) is 3.09. The van der Waals surface area contributed by atoms with Crippen LogP contribution in [0.3, 0.4) is 0 Å². The zero-order valence-electron chi connectivity index (χ0n) is 17.0. The molecule has 0 unspecified atom stereocenters. The van der Waals surface area contributed by atoms with Crippen LogP contribution in [0.25, 0.3) is 0 Å². The summed E-state index contributed by atoms with van der Waals surface area (Å²) >= 11 is 5.82. The van der Waals surface area contributed by atoms with Gasteiger partial charge in [0.2, 0.25) is 0 Å². The molecule has 3 aromatic carbocycles. The summed E-state index contributed by atoms with van der Waals surface area (Å²) in [6.07, 6.45) is 0. The Morgan fingerprint density at radius 1 is 1.00 bits per heavy atom. The van der Waals surface area contributed by atoms with E-state index >= 15 is 0 Å². The number of hydrogen-bond donors (Lipinski definition) is 1. The summed E-state index contributed by atoms with van der Waals surface area (Å²) in [5.74, 6) is -0.407. The van der Waals surface area contributed by atoms with E-state index in [-0.39, 0.29) is 37.3 Å². The molecule has 3 rings (SSSR count). The molecule has 7 heteroatoms. The Kier molecular flexibility index (Phi) is 7.62. The highest BCUT2D eigenvalue weighted by molar-refractivity contribution is 6.30. The van der Waals surface area contributed by atoms with Crippen LogP contribution in [0.4, 0.5) is 10.1 Å². The van der Waals surface area contributed by atoms with Gasteiger partial charge in [0, 0.05) is 29.4 Å². The first-order chi connectivity index (χ1) is 14.9. The minimum atomic E-state index is -0.389. The molecule has 0 aliphatic rings. The second-order valence-corrected chi connectivity index (χ2v) is 7.28. The molecule has 3 aromatic rings. The highest BCUT2D eigenvalue weighted by Crippen LogP contribution is 2.19. The fourth-order valence-electron chi connectivity index (χ4n) is 2.97. The number of nitrogens with one attached hydrogen (secondary N) is 1. The number of rotatable bonds is 8. The predicted octanol–water partition coefficient (Wildman–Crippen LogP) is 4.63. The maximum atomic E-state index is 13.4. The molecule has 0 heterocycles. The van der Waals surface area contributed by atoms with Crippen molar-refractivity contribution in [2.45, 2.75) is 6.92 Å². The maximum absolute atomic E-state index is 13.4. The lowest BCUT2D eigenvalue weighted by molar-refractivity contribution is -0.123. The van der Waals surface area contributed by atoms with Crippen molar-refractivity contribution in [3.8, 4) is 5.75 Å². The lowest BCUT2D eigenvalue weighted by atomic mass is 10.1. The van der Waals surface area contributed by atoms with Crippen molar-refractivity contribution in [2.75, 3.05) is 24.6 Å². The molecule has 160 valence electrons. The molecule has 0 radical (unpaired) electrons. The Hall–Kier alpha value is -3.38. The van der Waals surface area contributed by atoms with Crippen LogP contribution in [0.15, 0.2) is 72.8 Å². The van der Waals surface area contributed by atoms with Gasteiger partial charge in [0.25, 0.3) is 11.8 Å². The van der Waals surface area contributed by atoms with Crippen LogP contribution in [-0.2, 0) is 4.79 Å². The van der Waals surface area contributed by atoms with Crippen LogP contribution in [0.5, 0.6) is 5.75 Å². The molecule has 0 fully saturated rings. The summed E-state index contributed by atoms with van der Waals surface area (Å²) in [6, 6.07) is 19.6. The topological polar surface area (TPSA) is 58.6 Å². The van der Waals surface area contributed by atoms with Crippen molar-refractivity contribution in [1.82, 2.24) is 5.32 Å². The van der Waals surface area contributed by atoms with E-state index in [4.69, 9.17) is 16.3 Å². The van der Waals surface area contributed by atoms with Gasteiger partial charge in [-0.1, -0.05) is 29.8 Å². The summed E-state index contributed by atoms with van der Waals surface area (Å²) in [7, 11) is 0. The van der Waals surface area contributed by atoms with Crippen LogP contribution in [0.1, 0.15) is 15.9 Å². The number of ether oxygens (including phenoxy) is 1. The van der Waals surface area contributed by atoms with Gasteiger partial charge >= 0.3 is 0 Å². The molecule has 0 bridgehead atoms. The largest absolute Gasteiger partial charge is 0.484 e. The number of aryl methyl sites for hydroxylation is 1. The number of hydrogen-bond acceptors (Lipinski definition) is 3. The van der Waals surface area contributed by atoms with Gasteiger partial charge in [-0.25, -0.2) is 4.39 Å². The molecule has 0 saturated heterocycles. The molecule has 0 atom stereocenters. The van der Waals surface area contributed by atoms with Gasteiger partial charge in [-0.15, -0.1) is 0 Å². The van der Waals surface area contributed by atoms with Gasteiger partial charge in [0.05, 0.1) is 0 Å². The lowest BCUT2D eigenvalue weighted by Gasteiger charge is -2.24. The Labute approximate surface area is 185 Å². The molecule has 0 saturated carbocycles. The number of carbonyl (C=O) groups excluding carboxylic acids is 2. The second-order valence-electron chi connectivity index (χ2n) is 6.84. The Bertz CT molecular complexity index is 1040.